The molecule has 2 aliphatic rings. The lowest BCUT2D eigenvalue weighted by atomic mass is 9.89. The maximum absolute atomic E-state index is 12.9. The average Bonchev–Trinajstić information content (AvgIpc) is 3.15. The van der Waals surface area contributed by atoms with Crippen LogP contribution in [-0.2, 0) is 12.4 Å². The zero-order valence-corrected chi connectivity index (χ0v) is 32.5. The Hall–Kier alpha value is -5.16. The molecule has 0 aliphatic heterocycles. The molecule has 6 rings (SSSR count). The lowest BCUT2D eigenvalue weighted by Gasteiger charge is -2.21. The minimum Gasteiger partial charge on any atom is -0.352 e. The van der Waals surface area contributed by atoms with Crippen molar-refractivity contribution in [2.24, 2.45) is 0 Å². The van der Waals surface area contributed by atoms with E-state index in [0.29, 0.717) is 23.5 Å². The van der Waals surface area contributed by atoms with Crippen LogP contribution in [0.5, 0.6) is 0 Å². The van der Waals surface area contributed by atoms with E-state index in [-0.39, 0.29) is 47.0 Å². The van der Waals surface area contributed by atoms with Gasteiger partial charge in [0.1, 0.15) is 17.2 Å². The topological polar surface area (TPSA) is 151 Å². The van der Waals surface area contributed by atoms with Crippen LogP contribution in [0.1, 0.15) is 134 Å². The van der Waals surface area contributed by atoms with Crippen LogP contribution in [0, 0.1) is 0 Å². The molecule has 0 spiro atoms. The third-order valence-corrected chi connectivity index (χ3v) is 8.29. The minimum absolute atomic E-state index is 0. The summed E-state index contributed by atoms with van der Waals surface area (Å²) in [6.45, 7) is 11.8. The summed E-state index contributed by atoms with van der Waals surface area (Å²) in [6.07, 6.45) is 4.83. The van der Waals surface area contributed by atoms with Crippen LogP contribution in [0.2, 0.25) is 0 Å². The van der Waals surface area contributed by atoms with Crippen LogP contribution in [0.4, 0.5) is 61.5 Å². The quantitative estimate of drug-likeness (QED) is 0.113. The SMILES string of the molecule is CC.CC(C)Nc1nc(Nc2ccnc(C(F)(F)F)c2)nc(C2=CCCCC2)n1.CC(C)Nc1nc(Nc2ccnc(C(F)(F)F)c2)nc(C2CCCCC2)n1.[HH].[HH].[HH].[HH]. The Bertz CT molecular complexity index is 1900. The molecule has 0 atom stereocenters. The first-order valence-electron chi connectivity index (χ1n) is 19.0. The standard InChI is InChI=1S/C18H23F3N6.C18H21F3N6.C2H6.4H2/c2*1-11(2)23-16-25-15(12-6-4-3-5-7-12)26-17(27-16)24-13-8-9-22-14(10-13)18(19,20)21;1-2;;;;/h8-12H,3-7H2,1-2H3,(H2,22,23,24,25,26,27);6,8-11H,3-5,7H2,1-2H3,(H2,22,23,24,25,26,27);1-2H3;4*1H. The number of halogens is 6. The zero-order chi connectivity index (χ0) is 40.9. The number of anilines is 6. The van der Waals surface area contributed by atoms with Gasteiger partial charge in [-0.2, -0.15) is 56.2 Å². The van der Waals surface area contributed by atoms with Crippen molar-refractivity contribution in [2.45, 2.75) is 130 Å². The Kier molecular flexibility index (Phi) is 15.7. The Labute approximate surface area is 329 Å². The fourth-order valence-corrected chi connectivity index (χ4v) is 5.84. The van der Waals surface area contributed by atoms with Gasteiger partial charge in [0.05, 0.1) is 0 Å². The Morgan fingerprint density at radius 3 is 1.59 bits per heavy atom. The van der Waals surface area contributed by atoms with Gasteiger partial charge in [0.25, 0.3) is 0 Å². The summed E-state index contributed by atoms with van der Waals surface area (Å²) >= 11 is 0. The highest BCUT2D eigenvalue weighted by molar-refractivity contribution is 5.64. The van der Waals surface area contributed by atoms with Crippen LogP contribution in [0.3, 0.4) is 0 Å². The molecule has 0 bridgehead atoms. The van der Waals surface area contributed by atoms with Crippen molar-refractivity contribution in [3.05, 3.63) is 65.8 Å². The number of hydrogen-bond acceptors (Lipinski definition) is 12. The Balaban J connectivity index is 0.00000105. The number of pyridine rings is 2. The summed E-state index contributed by atoms with van der Waals surface area (Å²) in [4.78, 5) is 33.2. The van der Waals surface area contributed by atoms with Gasteiger partial charge in [0, 0.05) is 47.5 Å². The van der Waals surface area contributed by atoms with Crippen LogP contribution < -0.4 is 21.3 Å². The molecule has 0 aromatic carbocycles. The van der Waals surface area contributed by atoms with E-state index in [2.05, 4.69) is 67.2 Å². The number of rotatable bonds is 10. The number of aromatic nitrogens is 8. The van der Waals surface area contributed by atoms with Gasteiger partial charge in [-0.05, 0) is 96.1 Å². The third-order valence-electron chi connectivity index (χ3n) is 8.29. The lowest BCUT2D eigenvalue weighted by Crippen LogP contribution is -2.17. The summed E-state index contributed by atoms with van der Waals surface area (Å²) in [6, 6.07) is 4.99. The molecular formula is C38H58F6N12. The van der Waals surface area contributed by atoms with Crippen LogP contribution >= 0.6 is 0 Å². The van der Waals surface area contributed by atoms with Gasteiger partial charge in [-0.15, -0.1) is 0 Å². The highest BCUT2D eigenvalue weighted by Crippen LogP contribution is 2.33. The van der Waals surface area contributed by atoms with Gasteiger partial charge >= 0.3 is 12.4 Å². The number of nitrogens with one attached hydrogen (secondary N) is 4. The molecule has 4 aromatic rings. The van der Waals surface area contributed by atoms with Crippen molar-refractivity contribution in [3.8, 4) is 0 Å². The van der Waals surface area contributed by atoms with Crippen molar-refractivity contribution in [3.63, 3.8) is 0 Å². The van der Waals surface area contributed by atoms with Gasteiger partial charge < -0.3 is 21.3 Å². The molecule has 1 saturated carbocycles. The molecule has 12 nitrogen and oxygen atoms in total. The summed E-state index contributed by atoms with van der Waals surface area (Å²) in [5, 5.41) is 12.0. The molecule has 18 heteroatoms. The van der Waals surface area contributed by atoms with Crippen molar-refractivity contribution >= 4 is 40.7 Å². The molecule has 0 radical (unpaired) electrons. The van der Waals surface area contributed by atoms with E-state index in [0.717, 1.165) is 81.5 Å². The first-order chi connectivity index (χ1) is 26.6. The Morgan fingerprint density at radius 1 is 0.625 bits per heavy atom. The lowest BCUT2D eigenvalue weighted by molar-refractivity contribution is -0.141. The second kappa shape index (κ2) is 20.1. The normalized spacial score (nSPS) is 14.9. The van der Waals surface area contributed by atoms with Crippen LogP contribution in [0.15, 0.2) is 42.7 Å². The van der Waals surface area contributed by atoms with Crippen molar-refractivity contribution in [1.29, 1.82) is 0 Å². The Morgan fingerprint density at radius 2 is 1.11 bits per heavy atom. The van der Waals surface area contributed by atoms with Gasteiger partial charge in [-0.25, -0.2) is 0 Å². The van der Waals surface area contributed by atoms with Gasteiger partial charge in [0.15, 0.2) is 5.82 Å². The third kappa shape index (κ3) is 13.5. The van der Waals surface area contributed by atoms with E-state index in [1.54, 1.807) is 0 Å². The second-order valence-corrected chi connectivity index (χ2v) is 13.7. The molecular weight excluding hydrogens is 738 g/mol. The van der Waals surface area contributed by atoms with E-state index in [1.807, 2.05) is 41.5 Å². The number of allylic oxidation sites excluding steroid dienone is 2. The van der Waals surface area contributed by atoms with Crippen LogP contribution in [0.25, 0.3) is 5.57 Å². The van der Waals surface area contributed by atoms with E-state index in [9.17, 15) is 26.3 Å². The van der Waals surface area contributed by atoms with Crippen molar-refractivity contribution < 1.29 is 32.0 Å². The fourth-order valence-electron chi connectivity index (χ4n) is 5.84. The number of hydrogen-bond donors (Lipinski definition) is 4. The average molecular weight is 797 g/mol. The molecule has 0 saturated heterocycles. The number of alkyl halides is 6. The second-order valence-electron chi connectivity index (χ2n) is 13.7. The predicted octanol–water partition coefficient (Wildman–Crippen LogP) is 11.7. The van der Waals surface area contributed by atoms with Gasteiger partial charge in [0.2, 0.25) is 23.8 Å². The molecule has 2 aliphatic carbocycles. The highest BCUT2D eigenvalue weighted by atomic mass is 19.4. The van der Waals surface area contributed by atoms with Crippen molar-refractivity contribution in [2.75, 3.05) is 21.3 Å². The minimum atomic E-state index is -4.51. The summed E-state index contributed by atoms with van der Waals surface area (Å²) in [7, 11) is 0. The van der Waals surface area contributed by atoms with Crippen LogP contribution in [-0.4, -0.2) is 52.0 Å². The predicted molar refractivity (Wildman–Crippen MR) is 214 cm³/mol. The molecule has 1 fully saturated rings. The molecule has 56 heavy (non-hydrogen) atoms. The molecule has 4 heterocycles. The monoisotopic (exact) mass is 796 g/mol. The van der Waals surface area contributed by atoms with E-state index in [1.165, 1.54) is 18.6 Å². The van der Waals surface area contributed by atoms with Gasteiger partial charge in [-0.1, -0.05) is 39.2 Å². The van der Waals surface area contributed by atoms with E-state index in [4.69, 9.17) is 0 Å². The maximum Gasteiger partial charge on any atom is 0.433 e. The fraction of sp³-hybridized carbons (Fsp3) is 0.526. The number of nitrogens with zero attached hydrogens (tertiary/aromatic N) is 8. The largest absolute Gasteiger partial charge is 0.433 e. The van der Waals surface area contributed by atoms with E-state index >= 15 is 0 Å². The summed E-state index contributed by atoms with van der Waals surface area (Å²) in [5.41, 5.74) is -0.465. The molecule has 0 amide bonds. The molecule has 312 valence electrons. The van der Waals surface area contributed by atoms with Gasteiger partial charge in [-0.3, -0.25) is 9.97 Å². The summed E-state index contributed by atoms with van der Waals surface area (Å²) < 4.78 is 77.3. The highest BCUT2D eigenvalue weighted by Gasteiger charge is 2.33. The molecule has 0 unspecified atom stereocenters. The van der Waals surface area contributed by atoms with Crippen molar-refractivity contribution in [1.82, 2.24) is 39.9 Å². The van der Waals surface area contributed by atoms with E-state index < -0.39 is 23.7 Å². The molecule has 4 aromatic heterocycles. The maximum atomic E-state index is 12.9. The first-order valence-corrected chi connectivity index (χ1v) is 19.0. The first kappa shape index (κ1) is 43.6. The summed E-state index contributed by atoms with van der Waals surface area (Å²) in [5.74, 6) is 2.70. The smallest absolute Gasteiger partial charge is 0.352 e. The zero-order valence-electron chi connectivity index (χ0n) is 32.5. The molecule has 4 N–H and O–H groups in total.